The fraction of sp³-hybridized carbons (Fsp3) is 0.938. The molecule has 1 aliphatic carbocycles. The number of piperidine rings is 1. The number of hydrogen-bond donors (Lipinski definition) is 1. The van der Waals surface area contributed by atoms with Crippen molar-refractivity contribution < 1.29 is 4.79 Å². The van der Waals surface area contributed by atoms with Crippen molar-refractivity contribution in [3.63, 3.8) is 0 Å². The molecule has 0 radical (unpaired) electrons. The minimum atomic E-state index is 0.332. The fourth-order valence-corrected chi connectivity index (χ4v) is 4.35. The van der Waals surface area contributed by atoms with Gasteiger partial charge in [0.25, 0.3) is 0 Å². The second-order valence-electron chi connectivity index (χ2n) is 7.05. The van der Waals surface area contributed by atoms with Crippen molar-refractivity contribution in [2.75, 3.05) is 32.7 Å². The first-order valence-electron chi connectivity index (χ1n) is 8.48. The van der Waals surface area contributed by atoms with Crippen molar-refractivity contribution in [3.05, 3.63) is 0 Å². The zero-order valence-electron chi connectivity index (χ0n) is 12.6. The van der Waals surface area contributed by atoms with Crippen LogP contribution in [0.5, 0.6) is 0 Å². The molecule has 0 aromatic carbocycles. The molecule has 3 aliphatic rings. The van der Waals surface area contributed by atoms with Crippen molar-refractivity contribution >= 4 is 5.91 Å². The molecule has 0 aromatic rings. The minimum absolute atomic E-state index is 0.332. The van der Waals surface area contributed by atoms with E-state index in [0.717, 1.165) is 19.1 Å². The van der Waals surface area contributed by atoms with Crippen molar-refractivity contribution in [2.45, 2.75) is 51.0 Å². The molecule has 2 saturated heterocycles. The van der Waals surface area contributed by atoms with Crippen LogP contribution in [-0.2, 0) is 4.79 Å². The highest BCUT2D eigenvalue weighted by molar-refractivity contribution is 5.78. The van der Waals surface area contributed by atoms with Crippen LogP contribution in [0.3, 0.4) is 0 Å². The van der Waals surface area contributed by atoms with Crippen LogP contribution in [0.2, 0.25) is 0 Å². The predicted molar refractivity (Wildman–Crippen MR) is 80.3 cm³/mol. The summed E-state index contributed by atoms with van der Waals surface area (Å²) in [5.41, 5.74) is 5.71. The topological polar surface area (TPSA) is 49.6 Å². The number of rotatable bonds is 4. The number of nitrogens with zero attached hydrogens (tertiary/aromatic N) is 2. The Morgan fingerprint density at radius 3 is 2.55 bits per heavy atom. The summed E-state index contributed by atoms with van der Waals surface area (Å²) in [4.78, 5) is 16.8. The van der Waals surface area contributed by atoms with E-state index in [1.165, 1.54) is 51.6 Å². The quantitative estimate of drug-likeness (QED) is 0.847. The molecule has 0 aromatic heterocycles. The largest absolute Gasteiger partial charge is 0.342 e. The smallest absolute Gasteiger partial charge is 0.222 e. The van der Waals surface area contributed by atoms with E-state index in [-0.39, 0.29) is 0 Å². The van der Waals surface area contributed by atoms with Crippen LogP contribution >= 0.6 is 0 Å². The Morgan fingerprint density at radius 1 is 1.05 bits per heavy atom. The first-order valence-corrected chi connectivity index (χ1v) is 8.48. The van der Waals surface area contributed by atoms with Gasteiger partial charge in [0.1, 0.15) is 0 Å². The van der Waals surface area contributed by atoms with Gasteiger partial charge in [-0.3, -0.25) is 4.79 Å². The second-order valence-corrected chi connectivity index (χ2v) is 7.05. The van der Waals surface area contributed by atoms with Gasteiger partial charge in [0.2, 0.25) is 5.91 Å². The van der Waals surface area contributed by atoms with Crippen LogP contribution in [0.25, 0.3) is 0 Å². The van der Waals surface area contributed by atoms with Crippen LogP contribution in [0, 0.1) is 11.8 Å². The maximum atomic E-state index is 12.0. The van der Waals surface area contributed by atoms with Gasteiger partial charge in [-0.2, -0.15) is 0 Å². The SMILES string of the molecule is NCC1CC(=O)N(CC2CCCN(C3CCCC3)C2)C1. The molecule has 4 heteroatoms. The van der Waals surface area contributed by atoms with Gasteiger partial charge < -0.3 is 15.5 Å². The summed E-state index contributed by atoms with van der Waals surface area (Å²) in [6, 6.07) is 0.837. The molecule has 4 nitrogen and oxygen atoms in total. The van der Waals surface area contributed by atoms with Gasteiger partial charge in [-0.25, -0.2) is 0 Å². The molecule has 1 amide bonds. The number of likely N-dealkylation sites (tertiary alicyclic amines) is 2. The van der Waals surface area contributed by atoms with E-state index >= 15 is 0 Å². The van der Waals surface area contributed by atoms with Gasteiger partial charge >= 0.3 is 0 Å². The van der Waals surface area contributed by atoms with Crippen molar-refractivity contribution in [1.82, 2.24) is 9.80 Å². The lowest BCUT2D eigenvalue weighted by Crippen LogP contribution is -2.45. The zero-order valence-corrected chi connectivity index (χ0v) is 12.6. The number of carbonyl (C=O) groups is 1. The summed E-state index contributed by atoms with van der Waals surface area (Å²) in [6.45, 7) is 5.01. The van der Waals surface area contributed by atoms with Gasteiger partial charge in [-0.05, 0) is 50.6 Å². The summed E-state index contributed by atoms with van der Waals surface area (Å²) < 4.78 is 0. The van der Waals surface area contributed by atoms with Gasteiger partial charge in [-0.15, -0.1) is 0 Å². The Hall–Kier alpha value is -0.610. The monoisotopic (exact) mass is 279 g/mol. The molecule has 0 spiro atoms. The lowest BCUT2D eigenvalue weighted by Gasteiger charge is -2.38. The summed E-state index contributed by atoms with van der Waals surface area (Å²) in [5.74, 6) is 1.42. The molecule has 2 atom stereocenters. The Kier molecular flexibility index (Phi) is 4.61. The van der Waals surface area contributed by atoms with Gasteiger partial charge in [0.05, 0.1) is 0 Å². The number of carbonyl (C=O) groups excluding carboxylic acids is 1. The summed E-state index contributed by atoms with van der Waals surface area (Å²) >= 11 is 0. The standard InChI is InChI=1S/C16H29N3O/c17-9-14-8-16(20)19(12-14)11-13-4-3-7-18(10-13)15-5-1-2-6-15/h13-15H,1-12,17H2. The molecule has 3 rings (SSSR count). The molecule has 2 heterocycles. The van der Waals surface area contributed by atoms with Crippen molar-refractivity contribution in [2.24, 2.45) is 17.6 Å². The third-order valence-corrected chi connectivity index (χ3v) is 5.50. The molecular weight excluding hydrogens is 250 g/mol. The van der Waals surface area contributed by atoms with Gasteiger partial charge in [-0.1, -0.05) is 12.8 Å². The van der Waals surface area contributed by atoms with Crippen molar-refractivity contribution in [3.8, 4) is 0 Å². The van der Waals surface area contributed by atoms with E-state index in [1.54, 1.807) is 0 Å². The molecule has 0 bridgehead atoms. The van der Waals surface area contributed by atoms with E-state index in [1.807, 2.05) is 0 Å². The lowest BCUT2D eigenvalue weighted by molar-refractivity contribution is -0.128. The number of amides is 1. The number of nitrogens with two attached hydrogens (primary N) is 1. The summed E-state index contributed by atoms with van der Waals surface area (Å²) in [6.07, 6.45) is 8.89. The molecule has 1 saturated carbocycles. The second kappa shape index (κ2) is 6.44. The van der Waals surface area contributed by atoms with E-state index in [0.29, 0.717) is 30.7 Å². The molecule has 3 fully saturated rings. The molecule has 2 unspecified atom stereocenters. The van der Waals surface area contributed by atoms with Crippen LogP contribution in [0.15, 0.2) is 0 Å². The highest BCUT2D eigenvalue weighted by Gasteiger charge is 2.33. The van der Waals surface area contributed by atoms with Crippen LogP contribution in [0.4, 0.5) is 0 Å². The summed E-state index contributed by atoms with van der Waals surface area (Å²) in [7, 11) is 0. The third-order valence-electron chi connectivity index (χ3n) is 5.50. The highest BCUT2D eigenvalue weighted by Crippen LogP contribution is 2.29. The molecule has 20 heavy (non-hydrogen) atoms. The lowest BCUT2D eigenvalue weighted by atomic mass is 9.95. The molecule has 2 aliphatic heterocycles. The Bertz CT molecular complexity index is 341. The average molecular weight is 279 g/mol. The Balaban J connectivity index is 1.51. The van der Waals surface area contributed by atoms with Crippen LogP contribution in [0.1, 0.15) is 44.9 Å². The zero-order chi connectivity index (χ0) is 13.9. The van der Waals surface area contributed by atoms with Gasteiger partial charge in [0, 0.05) is 32.1 Å². The van der Waals surface area contributed by atoms with E-state index in [2.05, 4.69) is 9.80 Å². The molecular formula is C16H29N3O. The highest BCUT2D eigenvalue weighted by atomic mass is 16.2. The van der Waals surface area contributed by atoms with E-state index in [4.69, 9.17) is 5.73 Å². The van der Waals surface area contributed by atoms with E-state index in [9.17, 15) is 4.79 Å². The maximum absolute atomic E-state index is 12.0. The van der Waals surface area contributed by atoms with Crippen LogP contribution in [-0.4, -0.2) is 54.5 Å². The number of hydrogen-bond acceptors (Lipinski definition) is 3. The third kappa shape index (κ3) is 3.17. The minimum Gasteiger partial charge on any atom is -0.342 e. The Morgan fingerprint density at radius 2 is 1.85 bits per heavy atom. The molecule has 2 N–H and O–H groups in total. The fourth-order valence-electron chi connectivity index (χ4n) is 4.35. The Labute approximate surface area is 122 Å². The maximum Gasteiger partial charge on any atom is 0.222 e. The average Bonchev–Trinajstić information content (AvgIpc) is 3.10. The predicted octanol–water partition coefficient (Wildman–Crippen LogP) is 1.45. The van der Waals surface area contributed by atoms with E-state index < -0.39 is 0 Å². The van der Waals surface area contributed by atoms with Crippen LogP contribution < -0.4 is 5.73 Å². The van der Waals surface area contributed by atoms with Gasteiger partial charge in [0.15, 0.2) is 0 Å². The summed E-state index contributed by atoms with van der Waals surface area (Å²) in [5, 5.41) is 0. The first kappa shape index (κ1) is 14.3. The first-order chi connectivity index (χ1) is 9.76. The normalized spacial score (nSPS) is 33.2. The van der Waals surface area contributed by atoms with Crippen molar-refractivity contribution in [1.29, 1.82) is 0 Å². The molecule has 114 valence electrons.